The smallest absolute Gasteiger partial charge is 0.229 e. The van der Waals surface area contributed by atoms with E-state index >= 15 is 0 Å². The van der Waals surface area contributed by atoms with E-state index in [0.717, 1.165) is 36.8 Å². The van der Waals surface area contributed by atoms with Gasteiger partial charge in [0.15, 0.2) is 0 Å². The van der Waals surface area contributed by atoms with Crippen LogP contribution in [-0.4, -0.2) is 53.3 Å². The topological polar surface area (TPSA) is 84.3 Å². The van der Waals surface area contributed by atoms with Gasteiger partial charge in [0.05, 0.1) is 16.9 Å². The van der Waals surface area contributed by atoms with Crippen molar-refractivity contribution < 1.29 is 13.2 Å². The third kappa shape index (κ3) is 4.38. The summed E-state index contributed by atoms with van der Waals surface area (Å²) in [6.07, 6.45) is 7.52. The summed E-state index contributed by atoms with van der Waals surface area (Å²) in [5.74, 6) is -0.0465. The molecule has 2 fully saturated rings. The fourth-order valence-corrected chi connectivity index (χ4v) is 6.00. The summed E-state index contributed by atoms with van der Waals surface area (Å²) >= 11 is 0. The third-order valence-corrected chi connectivity index (χ3v) is 8.11. The van der Waals surface area contributed by atoms with Gasteiger partial charge in [-0.25, -0.2) is 8.42 Å². The molecular weight excluding hydrogens is 388 g/mol. The van der Waals surface area contributed by atoms with Gasteiger partial charge in [-0.1, -0.05) is 30.3 Å². The first-order valence-corrected chi connectivity index (χ1v) is 11.7. The van der Waals surface area contributed by atoms with Crippen molar-refractivity contribution in [3.05, 3.63) is 53.9 Å². The van der Waals surface area contributed by atoms with Crippen LogP contribution in [0.2, 0.25) is 0 Å². The molecule has 1 saturated heterocycles. The first-order chi connectivity index (χ1) is 13.9. The second-order valence-corrected chi connectivity index (χ2v) is 10.5. The molecule has 2 aromatic rings. The summed E-state index contributed by atoms with van der Waals surface area (Å²) < 4.78 is 28.4. The van der Waals surface area contributed by atoms with Gasteiger partial charge >= 0.3 is 0 Å². The zero-order chi connectivity index (χ0) is 20.5. The van der Waals surface area contributed by atoms with Gasteiger partial charge in [-0.15, -0.1) is 0 Å². The first-order valence-electron chi connectivity index (χ1n) is 10.2. The van der Waals surface area contributed by atoms with E-state index in [4.69, 9.17) is 0 Å². The molecule has 2 aliphatic rings. The summed E-state index contributed by atoms with van der Waals surface area (Å²) in [5, 5.41) is 6.97. The molecule has 1 saturated carbocycles. The molecule has 0 atom stereocenters. The lowest BCUT2D eigenvalue weighted by Gasteiger charge is -2.48. The first kappa shape index (κ1) is 20.1. The summed E-state index contributed by atoms with van der Waals surface area (Å²) in [6, 6.07) is 9.84. The molecule has 0 spiro atoms. The fraction of sp³-hybridized carbons (Fsp3) is 0.524. The number of hydrogen-bond acceptors (Lipinski definition) is 4. The Morgan fingerprint density at radius 1 is 1.21 bits per heavy atom. The van der Waals surface area contributed by atoms with Crippen molar-refractivity contribution in [3.8, 4) is 0 Å². The van der Waals surface area contributed by atoms with Crippen molar-refractivity contribution in [2.45, 2.75) is 37.4 Å². The molecule has 1 aromatic carbocycles. The normalized spacial score (nSPS) is 18.9. The minimum Gasteiger partial charge on any atom is -0.356 e. The second kappa shape index (κ2) is 7.91. The number of nitrogens with one attached hydrogen (secondary N) is 1. The number of carbonyl (C=O) groups excluding carboxylic acids is 1. The predicted molar refractivity (Wildman–Crippen MR) is 111 cm³/mol. The number of sulfonamides is 1. The van der Waals surface area contributed by atoms with Gasteiger partial charge < -0.3 is 5.32 Å². The number of benzene rings is 1. The number of rotatable bonds is 9. The lowest BCUT2D eigenvalue weighted by molar-refractivity contribution is -0.137. The molecule has 1 amide bonds. The van der Waals surface area contributed by atoms with E-state index in [9.17, 15) is 13.2 Å². The molecule has 0 radical (unpaired) electrons. The highest BCUT2D eigenvalue weighted by molar-refractivity contribution is 7.90. The third-order valence-electron chi connectivity index (χ3n) is 5.82. The van der Waals surface area contributed by atoms with E-state index in [1.54, 1.807) is 4.68 Å². The summed E-state index contributed by atoms with van der Waals surface area (Å²) in [4.78, 5) is 13.1. The molecule has 1 aromatic heterocycles. The monoisotopic (exact) mass is 416 g/mol. The number of hydrogen-bond donors (Lipinski definition) is 1. The Labute approximate surface area is 172 Å². The number of aromatic nitrogens is 2. The number of carbonyl (C=O) groups is 1. The van der Waals surface area contributed by atoms with Crippen LogP contribution < -0.4 is 5.32 Å². The maximum atomic E-state index is 13.1. The number of aryl methyl sites for hydroxylation is 2. The Hall–Kier alpha value is -2.19. The van der Waals surface area contributed by atoms with Crippen molar-refractivity contribution in [1.82, 2.24) is 19.4 Å². The van der Waals surface area contributed by atoms with Crippen LogP contribution in [0.4, 0.5) is 0 Å². The van der Waals surface area contributed by atoms with Gasteiger partial charge in [0.2, 0.25) is 15.9 Å². The van der Waals surface area contributed by atoms with Crippen LogP contribution in [0.15, 0.2) is 42.7 Å². The van der Waals surface area contributed by atoms with E-state index in [2.05, 4.69) is 10.4 Å². The van der Waals surface area contributed by atoms with Crippen LogP contribution >= 0.6 is 0 Å². The van der Waals surface area contributed by atoms with E-state index in [0.29, 0.717) is 13.0 Å². The van der Waals surface area contributed by atoms with Crippen LogP contribution in [0, 0.1) is 5.41 Å². The highest BCUT2D eigenvalue weighted by Gasteiger charge is 2.55. The van der Waals surface area contributed by atoms with Gasteiger partial charge in [0.1, 0.15) is 0 Å². The van der Waals surface area contributed by atoms with Crippen molar-refractivity contribution >= 4 is 15.9 Å². The number of nitrogens with zero attached hydrogens (tertiary/aromatic N) is 3. The highest BCUT2D eigenvalue weighted by Crippen LogP contribution is 2.41. The largest absolute Gasteiger partial charge is 0.356 e. The van der Waals surface area contributed by atoms with Crippen molar-refractivity contribution in [2.75, 3.05) is 19.6 Å². The van der Waals surface area contributed by atoms with Crippen LogP contribution in [0.5, 0.6) is 0 Å². The molecule has 156 valence electrons. The summed E-state index contributed by atoms with van der Waals surface area (Å²) in [6.45, 7) is 1.12. The molecule has 29 heavy (non-hydrogen) atoms. The van der Waals surface area contributed by atoms with Gasteiger partial charge in [-0.3, -0.25) is 9.48 Å². The number of amides is 1. The molecule has 1 aliphatic carbocycles. The molecule has 8 heteroatoms. The minimum absolute atomic E-state index is 0.0465. The molecular formula is C21H28N4O3S. The van der Waals surface area contributed by atoms with E-state index in [1.807, 2.05) is 49.8 Å². The molecule has 7 nitrogen and oxygen atoms in total. The minimum atomic E-state index is -3.24. The van der Waals surface area contributed by atoms with E-state index in [1.165, 1.54) is 4.31 Å². The van der Waals surface area contributed by atoms with E-state index in [-0.39, 0.29) is 24.2 Å². The van der Waals surface area contributed by atoms with E-state index < -0.39 is 15.4 Å². The summed E-state index contributed by atoms with van der Waals surface area (Å²) in [7, 11) is -1.36. The Kier molecular flexibility index (Phi) is 5.48. The zero-order valence-electron chi connectivity index (χ0n) is 16.8. The Morgan fingerprint density at radius 2 is 1.93 bits per heavy atom. The lowest BCUT2D eigenvalue weighted by atomic mass is 9.75. The van der Waals surface area contributed by atoms with Crippen LogP contribution in [-0.2, 0) is 34.7 Å². The highest BCUT2D eigenvalue weighted by atomic mass is 32.2. The molecule has 1 aliphatic heterocycles. The SMILES string of the molecule is Cn1cc(CCCNC(=O)C2(Cc3ccccc3)CN(S(=O)(=O)C3CC3)C2)cn1. The Morgan fingerprint density at radius 3 is 2.55 bits per heavy atom. The van der Waals surface area contributed by atoms with Crippen LogP contribution in [0.1, 0.15) is 30.4 Å². The predicted octanol–water partition coefficient (Wildman–Crippen LogP) is 1.51. The molecule has 0 unspecified atom stereocenters. The molecule has 4 rings (SSSR count). The molecule has 1 N–H and O–H groups in total. The van der Waals surface area contributed by atoms with Crippen molar-refractivity contribution in [2.24, 2.45) is 12.5 Å². The summed E-state index contributed by atoms with van der Waals surface area (Å²) in [5.41, 5.74) is 1.52. The fourth-order valence-electron chi connectivity index (χ4n) is 3.99. The van der Waals surface area contributed by atoms with Crippen molar-refractivity contribution in [1.29, 1.82) is 0 Å². The Balaban J connectivity index is 1.38. The van der Waals surface area contributed by atoms with Crippen LogP contribution in [0.25, 0.3) is 0 Å². The quantitative estimate of drug-likeness (QED) is 0.628. The van der Waals surface area contributed by atoms with Crippen LogP contribution in [0.3, 0.4) is 0 Å². The molecule has 2 heterocycles. The van der Waals surface area contributed by atoms with Gasteiger partial charge in [0, 0.05) is 32.9 Å². The standard InChI is InChI=1S/C21H28N4O3S/c1-24-14-18(13-23-24)8-5-11-22-20(26)21(12-17-6-3-2-4-7-17)15-25(16-21)29(27,28)19-9-10-19/h2-4,6-7,13-14,19H,5,8-12,15-16H2,1H3,(H,22,26). The average Bonchev–Trinajstić information content (AvgIpc) is 3.45. The van der Waals surface area contributed by atoms with Gasteiger partial charge in [-0.05, 0) is 43.2 Å². The lowest BCUT2D eigenvalue weighted by Crippen LogP contribution is -2.66. The molecule has 0 bridgehead atoms. The average molecular weight is 417 g/mol. The zero-order valence-corrected chi connectivity index (χ0v) is 17.6. The van der Waals surface area contributed by atoms with Gasteiger partial charge in [-0.2, -0.15) is 9.40 Å². The maximum absolute atomic E-state index is 13.1. The second-order valence-electron chi connectivity index (χ2n) is 8.34. The van der Waals surface area contributed by atoms with Gasteiger partial charge in [0.25, 0.3) is 0 Å². The maximum Gasteiger partial charge on any atom is 0.229 e. The van der Waals surface area contributed by atoms with Crippen molar-refractivity contribution in [3.63, 3.8) is 0 Å². The Bertz CT molecular complexity index is 961.